The third-order valence-electron chi connectivity index (χ3n) is 4.24. The third-order valence-corrected chi connectivity index (χ3v) is 4.24. The zero-order valence-electron chi connectivity index (χ0n) is 12.7. The van der Waals surface area contributed by atoms with Crippen LogP contribution in [0.25, 0.3) is 0 Å². The summed E-state index contributed by atoms with van der Waals surface area (Å²) in [5, 5.41) is 0. The van der Waals surface area contributed by atoms with Gasteiger partial charge in [-0.25, -0.2) is 9.97 Å². The summed E-state index contributed by atoms with van der Waals surface area (Å²) in [6.07, 6.45) is 12.6. The van der Waals surface area contributed by atoms with E-state index in [-0.39, 0.29) is 0 Å². The summed E-state index contributed by atoms with van der Waals surface area (Å²) >= 11 is 0. The Morgan fingerprint density at radius 2 is 1.85 bits per heavy atom. The lowest BCUT2D eigenvalue weighted by Crippen LogP contribution is -2.37. The van der Waals surface area contributed by atoms with E-state index in [1.54, 1.807) is 0 Å². The first-order valence-corrected chi connectivity index (χ1v) is 8.09. The van der Waals surface area contributed by atoms with E-state index in [0.29, 0.717) is 5.92 Å². The molecule has 1 saturated heterocycles. The Bertz CT molecular complexity index is 369. The van der Waals surface area contributed by atoms with Gasteiger partial charge in [0.15, 0.2) is 0 Å². The monoisotopic (exact) mass is 276 g/mol. The number of nitrogens with two attached hydrogens (primary N) is 1. The quantitative estimate of drug-likeness (QED) is 0.778. The lowest BCUT2D eigenvalue weighted by atomic mass is 9.97. The molecule has 0 bridgehead atoms. The van der Waals surface area contributed by atoms with Gasteiger partial charge in [0, 0.05) is 25.5 Å². The number of rotatable bonds is 7. The van der Waals surface area contributed by atoms with Crippen LogP contribution < -0.4 is 10.6 Å². The van der Waals surface area contributed by atoms with Crippen LogP contribution in [0.3, 0.4) is 0 Å². The summed E-state index contributed by atoms with van der Waals surface area (Å²) in [4.78, 5) is 11.4. The number of nitrogens with zero attached hydrogens (tertiary/aromatic N) is 3. The average Bonchev–Trinajstić information content (AvgIpc) is 2.52. The molecule has 20 heavy (non-hydrogen) atoms. The number of unbranched alkanes of at least 4 members (excludes halogenated alkanes) is 3. The number of piperidine rings is 1. The Morgan fingerprint density at radius 3 is 2.45 bits per heavy atom. The van der Waals surface area contributed by atoms with Crippen LogP contribution >= 0.6 is 0 Å². The predicted octanol–water partition coefficient (Wildman–Crippen LogP) is 2.77. The summed E-state index contributed by atoms with van der Waals surface area (Å²) in [6.45, 7) is 5.13. The molecule has 0 radical (unpaired) electrons. The highest BCUT2D eigenvalue weighted by molar-refractivity contribution is 5.30. The highest BCUT2D eigenvalue weighted by Gasteiger charge is 2.19. The number of aryl methyl sites for hydroxylation is 1. The molecule has 1 aromatic rings. The number of aromatic nitrogens is 2. The maximum absolute atomic E-state index is 5.73. The Hall–Kier alpha value is -1.16. The minimum atomic E-state index is 0.684. The van der Waals surface area contributed by atoms with Crippen LogP contribution in [0.4, 0.5) is 5.95 Å². The maximum atomic E-state index is 5.73. The van der Waals surface area contributed by atoms with Gasteiger partial charge in [-0.1, -0.05) is 26.2 Å². The highest BCUT2D eigenvalue weighted by atomic mass is 15.2. The van der Waals surface area contributed by atoms with Crippen LogP contribution in [0.15, 0.2) is 12.4 Å². The van der Waals surface area contributed by atoms with Gasteiger partial charge in [0.25, 0.3) is 0 Å². The van der Waals surface area contributed by atoms with Crippen LogP contribution in [-0.2, 0) is 6.42 Å². The third kappa shape index (κ3) is 4.44. The van der Waals surface area contributed by atoms with Crippen molar-refractivity contribution in [1.29, 1.82) is 0 Å². The minimum Gasteiger partial charge on any atom is -0.341 e. The Balaban J connectivity index is 1.79. The highest BCUT2D eigenvalue weighted by Crippen LogP contribution is 2.19. The summed E-state index contributed by atoms with van der Waals surface area (Å²) < 4.78 is 0. The van der Waals surface area contributed by atoms with E-state index < -0.39 is 0 Å². The molecule has 2 rings (SSSR count). The maximum Gasteiger partial charge on any atom is 0.225 e. The van der Waals surface area contributed by atoms with Crippen molar-refractivity contribution < 1.29 is 0 Å². The second-order valence-corrected chi connectivity index (χ2v) is 5.87. The second kappa shape index (κ2) is 8.20. The number of hydrogen-bond acceptors (Lipinski definition) is 4. The van der Waals surface area contributed by atoms with E-state index in [0.717, 1.165) is 32.0 Å². The van der Waals surface area contributed by atoms with Crippen LogP contribution in [-0.4, -0.2) is 29.6 Å². The molecule has 0 aliphatic carbocycles. The lowest BCUT2D eigenvalue weighted by molar-refractivity contribution is 0.411. The molecular formula is C16H28N4. The molecule has 1 aromatic heterocycles. The summed E-state index contributed by atoms with van der Waals surface area (Å²) in [5.41, 5.74) is 6.99. The van der Waals surface area contributed by atoms with E-state index >= 15 is 0 Å². The van der Waals surface area contributed by atoms with Crippen molar-refractivity contribution >= 4 is 5.95 Å². The molecule has 0 unspecified atom stereocenters. The van der Waals surface area contributed by atoms with Crippen LogP contribution in [0.5, 0.6) is 0 Å². The fraction of sp³-hybridized carbons (Fsp3) is 0.750. The molecule has 1 aliphatic heterocycles. The van der Waals surface area contributed by atoms with Gasteiger partial charge in [-0.05, 0) is 43.7 Å². The van der Waals surface area contributed by atoms with Crippen molar-refractivity contribution in [3.05, 3.63) is 18.0 Å². The molecule has 1 aliphatic rings. The van der Waals surface area contributed by atoms with Crippen molar-refractivity contribution in [2.45, 2.75) is 51.9 Å². The molecule has 2 heterocycles. The van der Waals surface area contributed by atoms with E-state index in [2.05, 4.69) is 21.8 Å². The molecule has 0 saturated carbocycles. The first-order chi connectivity index (χ1) is 9.83. The topological polar surface area (TPSA) is 55.0 Å². The molecule has 0 amide bonds. The average molecular weight is 276 g/mol. The molecule has 4 nitrogen and oxygen atoms in total. The Kier molecular flexibility index (Phi) is 6.25. The first-order valence-electron chi connectivity index (χ1n) is 8.09. The van der Waals surface area contributed by atoms with Gasteiger partial charge in [0.2, 0.25) is 5.95 Å². The molecule has 0 spiro atoms. The smallest absolute Gasteiger partial charge is 0.225 e. The van der Waals surface area contributed by atoms with Crippen LogP contribution in [0.2, 0.25) is 0 Å². The minimum absolute atomic E-state index is 0.684. The standard InChI is InChI=1S/C16H28N4/c1-2-3-4-5-6-15-12-18-16(19-13-15)20-9-7-14(11-17)8-10-20/h12-14H,2-11,17H2,1H3. The number of anilines is 1. The van der Waals surface area contributed by atoms with Crippen molar-refractivity contribution in [2.24, 2.45) is 11.7 Å². The molecule has 0 atom stereocenters. The molecule has 4 heteroatoms. The summed E-state index contributed by atoms with van der Waals surface area (Å²) in [6, 6.07) is 0. The molecule has 112 valence electrons. The van der Waals surface area contributed by atoms with Crippen molar-refractivity contribution in [2.75, 3.05) is 24.5 Å². The second-order valence-electron chi connectivity index (χ2n) is 5.87. The largest absolute Gasteiger partial charge is 0.341 e. The van der Waals surface area contributed by atoms with Gasteiger partial charge in [0.05, 0.1) is 0 Å². The molecule has 2 N–H and O–H groups in total. The Labute approximate surface area is 122 Å². The van der Waals surface area contributed by atoms with E-state index in [1.807, 2.05) is 12.4 Å². The normalized spacial score (nSPS) is 16.6. The van der Waals surface area contributed by atoms with Gasteiger partial charge in [-0.15, -0.1) is 0 Å². The molecule has 1 fully saturated rings. The Morgan fingerprint density at radius 1 is 1.15 bits per heavy atom. The fourth-order valence-corrected chi connectivity index (χ4v) is 2.76. The summed E-state index contributed by atoms with van der Waals surface area (Å²) in [7, 11) is 0. The number of hydrogen-bond donors (Lipinski definition) is 1. The van der Waals surface area contributed by atoms with Crippen molar-refractivity contribution in [3.8, 4) is 0 Å². The zero-order valence-corrected chi connectivity index (χ0v) is 12.7. The van der Waals surface area contributed by atoms with Gasteiger partial charge in [-0.2, -0.15) is 0 Å². The first kappa shape index (κ1) is 15.2. The van der Waals surface area contributed by atoms with Gasteiger partial charge >= 0.3 is 0 Å². The van der Waals surface area contributed by atoms with Crippen LogP contribution in [0, 0.1) is 5.92 Å². The van der Waals surface area contributed by atoms with E-state index in [9.17, 15) is 0 Å². The van der Waals surface area contributed by atoms with Gasteiger partial charge in [-0.3, -0.25) is 0 Å². The van der Waals surface area contributed by atoms with Crippen LogP contribution in [0.1, 0.15) is 51.0 Å². The zero-order chi connectivity index (χ0) is 14.2. The van der Waals surface area contributed by atoms with E-state index in [4.69, 9.17) is 5.73 Å². The van der Waals surface area contributed by atoms with Crippen molar-refractivity contribution in [3.63, 3.8) is 0 Å². The van der Waals surface area contributed by atoms with E-state index in [1.165, 1.54) is 44.1 Å². The van der Waals surface area contributed by atoms with Gasteiger partial charge in [0.1, 0.15) is 0 Å². The summed E-state index contributed by atoms with van der Waals surface area (Å²) in [5.74, 6) is 1.57. The van der Waals surface area contributed by atoms with Gasteiger partial charge < -0.3 is 10.6 Å². The SMILES string of the molecule is CCCCCCc1cnc(N2CCC(CN)CC2)nc1. The lowest BCUT2D eigenvalue weighted by Gasteiger charge is -2.31. The predicted molar refractivity (Wildman–Crippen MR) is 83.9 cm³/mol. The molecule has 0 aromatic carbocycles. The molecular weight excluding hydrogens is 248 g/mol. The fourth-order valence-electron chi connectivity index (χ4n) is 2.76. The van der Waals surface area contributed by atoms with Crippen molar-refractivity contribution in [1.82, 2.24) is 9.97 Å².